The predicted octanol–water partition coefficient (Wildman–Crippen LogP) is 18.5. The van der Waals surface area contributed by atoms with E-state index in [1.54, 1.807) is 0 Å². The normalized spacial score (nSPS) is 12.0. The fourth-order valence-corrected chi connectivity index (χ4v) is 8.70. The van der Waals surface area contributed by atoms with Gasteiger partial charge in [0, 0.05) is 19.3 Å². The monoisotopic (exact) mass is 891 g/mol. The van der Waals surface area contributed by atoms with Crippen LogP contribution in [0.3, 0.4) is 0 Å². The second-order valence-corrected chi connectivity index (χ2v) is 20.5. The highest BCUT2D eigenvalue weighted by atomic mass is 16.6. The van der Waals surface area contributed by atoms with Crippen LogP contribution >= 0.6 is 0 Å². The molecule has 0 aromatic carbocycles. The summed E-state index contributed by atoms with van der Waals surface area (Å²) in [7, 11) is 0. The minimum absolute atomic E-state index is 0.0638. The zero-order valence-electron chi connectivity index (χ0n) is 43.2. The second kappa shape index (κ2) is 49.8. The van der Waals surface area contributed by atoms with Gasteiger partial charge in [-0.1, -0.05) is 279 Å². The first-order valence-electron chi connectivity index (χ1n) is 28.2. The van der Waals surface area contributed by atoms with E-state index in [9.17, 15) is 14.4 Å². The van der Waals surface area contributed by atoms with E-state index >= 15 is 0 Å². The van der Waals surface area contributed by atoms with Gasteiger partial charge in [0.1, 0.15) is 13.2 Å². The number of ether oxygens (including phenoxy) is 3. The van der Waals surface area contributed by atoms with Crippen LogP contribution in [-0.2, 0) is 28.6 Å². The summed E-state index contributed by atoms with van der Waals surface area (Å²) in [6.07, 6.45) is 52.6. The number of esters is 3. The molecule has 0 aromatic heterocycles. The van der Waals surface area contributed by atoms with E-state index < -0.39 is 6.10 Å². The topological polar surface area (TPSA) is 78.9 Å². The van der Waals surface area contributed by atoms with E-state index in [-0.39, 0.29) is 31.1 Å². The first-order valence-corrected chi connectivity index (χ1v) is 28.2. The third-order valence-electron chi connectivity index (χ3n) is 13.0. The van der Waals surface area contributed by atoms with Gasteiger partial charge in [0.25, 0.3) is 0 Å². The molecular formula is C57H110O6. The molecule has 0 unspecified atom stereocenters. The van der Waals surface area contributed by atoms with E-state index in [1.807, 2.05) is 0 Å². The smallest absolute Gasteiger partial charge is 0.306 e. The molecule has 0 aliphatic carbocycles. The second-order valence-electron chi connectivity index (χ2n) is 20.5. The van der Waals surface area contributed by atoms with Crippen LogP contribution in [0.2, 0.25) is 0 Å². The van der Waals surface area contributed by atoms with Crippen molar-refractivity contribution in [2.45, 2.75) is 323 Å². The third-order valence-corrected chi connectivity index (χ3v) is 13.0. The molecule has 0 aromatic rings. The summed E-state index contributed by atoms with van der Waals surface area (Å²) < 4.78 is 16.8. The average molecular weight is 892 g/mol. The molecule has 0 amide bonds. The van der Waals surface area contributed by atoms with Gasteiger partial charge in [-0.05, 0) is 31.1 Å². The van der Waals surface area contributed by atoms with Crippen molar-refractivity contribution in [2.75, 3.05) is 13.2 Å². The van der Waals surface area contributed by atoms with Crippen LogP contribution in [0, 0.1) is 11.8 Å². The molecule has 6 heteroatoms. The third kappa shape index (κ3) is 51.3. The molecule has 0 bridgehead atoms. The molecule has 0 fully saturated rings. The molecule has 0 aliphatic rings. The lowest BCUT2D eigenvalue weighted by Crippen LogP contribution is -2.30. The quantitative estimate of drug-likeness (QED) is 0.0344. The molecule has 0 saturated carbocycles. The summed E-state index contributed by atoms with van der Waals surface area (Å²) in [6.45, 7) is 11.3. The Morgan fingerprint density at radius 2 is 0.524 bits per heavy atom. The maximum atomic E-state index is 12.8. The maximum absolute atomic E-state index is 12.8. The van der Waals surface area contributed by atoms with Gasteiger partial charge in [-0.2, -0.15) is 0 Å². The number of hydrogen-bond acceptors (Lipinski definition) is 6. The number of rotatable bonds is 51. The van der Waals surface area contributed by atoms with Crippen molar-refractivity contribution < 1.29 is 28.6 Å². The van der Waals surface area contributed by atoms with Crippen molar-refractivity contribution in [3.8, 4) is 0 Å². The van der Waals surface area contributed by atoms with Crippen molar-refractivity contribution in [1.82, 2.24) is 0 Å². The molecule has 0 radical (unpaired) electrons. The van der Waals surface area contributed by atoms with Crippen molar-refractivity contribution >= 4 is 17.9 Å². The summed E-state index contributed by atoms with van der Waals surface area (Å²) in [4.78, 5) is 38.0. The Labute approximate surface area is 393 Å². The Bertz CT molecular complexity index is 962. The van der Waals surface area contributed by atoms with Crippen molar-refractivity contribution in [2.24, 2.45) is 11.8 Å². The Morgan fingerprint density at radius 3 is 0.778 bits per heavy atom. The molecule has 374 valence electrons. The average Bonchev–Trinajstić information content (AvgIpc) is 3.25. The Kier molecular flexibility index (Phi) is 48.6. The van der Waals surface area contributed by atoms with Crippen LogP contribution in [0.5, 0.6) is 0 Å². The van der Waals surface area contributed by atoms with Crippen LogP contribution < -0.4 is 0 Å². The molecule has 0 aliphatic heterocycles. The highest BCUT2D eigenvalue weighted by molar-refractivity contribution is 5.71. The molecule has 0 heterocycles. The molecular weight excluding hydrogens is 781 g/mol. The molecule has 1 atom stereocenters. The summed E-state index contributed by atoms with van der Waals surface area (Å²) in [6, 6.07) is 0. The van der Waals surface area contributed by atoms with Gasteiger partial charge in [-0.25, -0.2) is 0 Å². The Hall–Kier alpha value is -1.59. The van der Waals surface area contributed by atoms with E-state index in [2.05, 4.69) is 34.6 Å². The standard InChI is InChI=1S/C57H110O6/c1-6-7-8-9-10-11-12-13-14-15-16-19-22-25-28-31-37-42-47-55(58)61-50-54(51-62-56(59)48-43-38-34-33-36-41-46-53(4)5)63-57(60)49-44-39-32-29-26-23-20-17-18-21-24-27-30-35-40-45-52(2)3/h52-54H,6-51H2,1-5H3/t54-/m0/s1. The predicted molar refractivity (Wildman–Crippen MR) is 270 cm³/mol. The lowest BCUT2D eigenvalue weighted by molar-refractivity contribution is -0.167. The number of hydrogen-bond donors (Lipinski definition) is 0. The lowest BCUT2D eigenvalue weighted by atomic mass is 10.0. The van der Waals surface area contributed by atoms with Crippen LogP contribution in [0.25, 0.3) is 0 Å². The fourth-order valence-electron chi connectivity index (χ4n) is 8.70. The van der Waals surface area contributed by atoms with E-state index in [0.29, 0.717) is 19.3 Å². The largest absolute Gasteiger partial charge is 0.462 e. The number of unbranched alkanes of at least 4 members (excludes halogenated alkanes) is 36. The first kappa shape index (κ1) is 61.4. The van der Waals surface area contributed by atoms with Gasteiger partial charge < -0.3 is 14.2 Å². The van der Waals surface area contributed by atoms with Crippen molar-refractivity contribution in [3.05, 3.63) is 0 Å². The summed E-state index contributed by atoms with van der Waals surface area (Å²) in [5.74, 6) is 0.764. The number of carbonyl (C=O) groups is 3. The minimum atomic E-state index is -0.763. The van der Waals surface area contributed by atoms with Crippen LogP contribution in [0.15, 0.2) is 0 Å². The first-order chi connectivity index (χ1) is 30.7. The molecule has 0 rings (SSSR count). The number of carbonyl (C=O) groups excluding carboxylic acids is 3. The van der Waals surface area contributed by atoms with E-state index in [1.165, 1.54) is 205 Å². The minimum Gasteiger partial charge on any atom is -0.462 e. The van der Waals surface area contributed by atoms with Crippen LogP contribution in [0.4, 0.5) is 0 Å². The zero-order valence-corrected chi connectivity index (χ0v) is 43.2. The van der Waals surface area contributed by atoms with Gasteiger partial charge in [-0.15, -0.1) is 0 Å². The summed E-state index contributed by atoms with van der Waals surface area (Å²) >= 11 is 0. The van der Waals surface area contributed by atoms with Gasteiger partial charge in [0.2, 0.25) is 0 Å². The van der Waals surface area contributed by atoms with E-state index in [4.69, 9.17) is 14.2 Å². The molecule has 6 nitrogen and oxygen atoms in total. The fraction of sp³-hybridized carbons (Fsp3) is 0.947. The summed E-state index contributed by atoms with van der Waals surface area (Å²) in [5.41, 5.74) is 0. The van der Waals surface area contributed by atoms with Gasteiger partial charge in [-0.3, -0.25) is 14.4 Å². The maximum Gasteiger partial charge on any atom is 0.306 e. The highest BCUT2D eigenvalue weighted by Gasteiger charge is 2.19. The van der Waals surface area contributed by atoms with Gasteiger partial charge in [0.15, 0.2) is 6.10 Å². The molecule has 0 spiro atoms. The highest BCUT2D eigenvalue weighted by Crippen LogP contribution is 2.18. The van der Waals surface area contributed by atoms with Crippen molar-refractivity contribution in [1.29, 1.82) is 0 Å². The Balaban J connectivity index is 4.22. The molecule has 0 saturated heterocycles. The Morgan fingerprint density at radius 1 is 0.302 bits per heavy atom. The zero-order chi connectivity index (χ0) is 46.1. The lowest BCUT2D eigenvalue weighted by Gasteiger charge is -2.18. The van der Waals surface area contributed by atoms with Crippen LogP contribution in [-0.4, -0.2) is 37.2 Å². The van der Waals surface area contributed by atoms with Crippen LogP contribution in [0.1, 0.15) is 317 Å². The molecule has 63 heavy (non-hydrogen) atoms. The van der Waals surface area contributed by atoms with E-state index in [0.717, 1.165) is 69.6 Å². The molecule has 0 N–H and O–H groups in total. The van der Waals surface area contributed by atoms with Gasteiger partial charge >= 0.3 is 17.9 Å². The summed E-state index contributed by atoms with van der Waals surface area (Å²) in [5, 5.41) is 0. The van der Waals surface area contributed by atoms with Crippen molar-refractivity contribution in [3.63, 3.8) is 0 Å². The SMILES string of the molecule is CCCCCCCCCCCCCCCCCCCCC(=O)OC[C@@H](COC(=O)CCCCCCCCC(C)C)OC(=O)CCCCCCCCCCCCCCCCCC(C)C. The van der Waals surface area contributed by atoms with Gasteiger partial charge in [0.05, 0.1) is 0 Å².